The zero-order valence-electron chi connectivity index (χ0n) is 22.3. The summed E-state index contributed by atoms with van der Waals surface area (Å²) in [5.74, 6) is -1.60. The van der Waals surface area contributed by atoms with Crippen LogP contribution in [0.1, 0.15) is 75.6 Å². The third kappa shape index (κ3) is 7.53. The minimum absolute atomic E-state index is 0.0540. The molecule has 1 heterocycles. The zero-order chi connectivity index (χ0) is 27.4. The number of amides is 3. The molecule has 1 aliphatic heterocycles. The van der Waals surface area contributed by atoms with Gasteiger partial charge in [0.25, 0.3) is 5.91 Å². The maximum atomic E-state index is 13.6. The molecule has 1 saturated heterocycles. The lowest BCUT2D eigenvalue weighted by Gasteiger charge is -2.35. The Labute approximate surface area is 212 Å². The molecule has 1 aliphatic rings. The molecule has 0 bridgehead atoms. The molecule has 198 valence electrons. The number of rotatable bonds is 6. The number of ether oxygens (including phenoxy) is 2. The summed E-state index contributed by atoms with van der Waals surface area (Å²) in [5, 5.41) is 5.49. The molecule has 3 atom stereocenters. The SMILES string of the molecule is COC(=O)[C@@H]1C[C@H](NC(=O)c2ccc(C(C)=O)cc2)CN1C(=O)[C@@H](NC(=O)OC(C)(C)C)C(C)(C)C. The molecular weight excluding hydrogens is 466 g/mol. The summed E-state index contributed by atoms with van der Waals surface area (Å²) in [4.78, 5) is 64.2. The molecule has 0 aliphatic carbocycles. The van der Waals surface area contributed by atoms with E-state index in [1.54, 1.807) is 65.8 Å². The molecule has 1 aromatic rings. The van der Waals surface area contributed by atoms with E-state index < -0.39 is 53.0 Å². The summed E-state index contributed by atoms with van der Waals surface area (Å²) in [6.07, 6.45) is -0.595. The number of benzene rings is 1. The molecule has 0 unspecified atom stereocenters. The van der Waals surface area contributed by atoms with Crippen molar-refractivity contribution >= 4 is 29.7 Å². The quantitative estimate of drug-likeness (QED) is 0.451. The van der Waals surface area contributed by atoms with Crippen LogP contribution in [0.2, 0.25) is 0 Å². The van der Waals surface area contributed by atoms with Gasteiger partial charge in [-0.3, -0.25) is 14.4 Å². The average Bonchev–Trinajstić information content (AvgIpc) is 3.18. The van der Waals surface area contributed by atoms with Crippen molar-refractivity contribution in [3.05, 3.63) is 35.4 Å². The fourth-order valence-corrected chi connectivity index (χ4v) is 3.91. The smallest absolute Gasteiger partial charge is 0.408 e. The first kappa shape index (κ1) is 28.8. The molecule has 2 N–H and O–H groups in total. The Morgan fingerprint density at radius 2 is 1.53 bits per heavy atom. The van der Waals surface area contributed by atoms with E-state index in [4.69, 9.17) is 9.47 Å². The van der Waals surface area contributed by atoms with E-state index in [0.717, 1.165) is 0 Å². The summed E-state index contributed by atoms with van der Waals surface area (Å²) < 4.78 is 10.2. The molecule has 3 amide bonds. The normalized spacial score (nSPS) is 18.7. The lowest BCUT2D eigenvalue weighted by Crippen LogP contribution is -2.57. The van der Waals surface area contributed by atoms with E-state index in [-0.39, 0.29) is 18.7 Å². The Morgan fingerprint density at radius 1 is 0.972 bits per heavy atom. The molecule has 1 fully saturated rings. The average molecular weight is 504 g/mol. The molecular formula is C26H37N3O7. The maximum Gasteiger partial charge on any atom is 0.408 e. The third-order valence-corrected chi connectivity index (χ3v) is 5.72. The number of hydrogen-bond donors (Lipinski definition) is 2. The number of ketones is 1. The van der Waals surface area contributed by atoms with Crippen LogP contribution in [-0.2, 0) is 19.1 Å². The number of nitrogens with one attached hydrogen (secondary N) is 2. The monoisotopic (exact) mass is 503 g/mol. The van der Waals surface area contributed by atoms with E-state index in [0.29, 0.717) is 11.1 Å². The van der Waals surface area contributed by atoms with E-state index in [1.165, 1.54) is 18.9 Å². The molecule has 0 spiro atoms. The summed E-state index contributed by atoms with van der Waals surface area (Å²) >= 11 is 0. The maximum absolute atomic E-state index is 13.6. The van der Waals surface area contributed by atoms with Crippen LogP contribution in [0.5, 0.6) is 0 Å². The molecule has 1 aromatic carbocycles. The van der Waals surface area contributed by atoms with Crippen molar-refractivity contribution < 1.29 is 33.4 Å². The van der Waals surface area contributed by atoms with E-state index >= 15 is 0 Å². The van der Waals surface area contributed by atoms with Gasteiger partial charge >= 0.3 is 12.1 Å². The first-order valence-electron chi connectivity index (χ1n) is 11.8. The van der Waals surface area contributed by atoms with Gasteiger partial charge in [0.05, 0.1) is 7.11 Å². The number of carbonyl (C=O) groups is 5. The predicted molar refractivity (Wildman–Crippen MR) is 132 cm³/mol. The largest absolute Gasteiger partial charge is 0.467 e. The number of carbonyl (C=O) groups excluding carboxylic acids is 5. The number of nitrogens with zero attached hydrogens (tertiary/aromatic N) is 1. The van der Waals surface area contributed by atoms with E-state index in [1.807, 2.05) is 0 Å². The van der Waals surface area contributed by atoms with Crippen molar-refractivity contribution in [2.45, 2.75) is 78.6 Å². The van der Waals surface area contributed by atoms with Crippen molar-refractivity contribution in [2.24, 2.45) is 5.41 Å². The van der Waals surface area contributed by atoms with Crippen LogP contribution in [-0.4, -0.2) is 71.9 Å². The van der Waals surface area contributed by atoms with Crippen molar-refractivity contribution in [1.82, 2.24) is 15.5 Å². The van der Waals surface area contributed by atoms with Gasteiger partial charge in [-0.2, -0.15) is 0 Å². The Balaban J connectivity index is 2.22. The fourth-order valence-electron chi connectivity index (χ4n) is 3.91. The highest BCUT2D eigenvalue weighted by molar-refractivity contribution is 5.98. The Morgan fingerprint density at radius 3 is 2.00 bits per heavy atom. The predicted octanol–water partition coefficient (Wildman–Crippen LogP) is 2.70. The molecule has 0 radical (unpaired) electrons. The van der Waals surface area contributed by atoms with Gasteiger partial charge < -0.3 is 25.0 Å². The first-order valence-corrected chi connectivity index (χ1v) is 11.8. The second-order valence-corrected chi connectivity index (χ2v) is 11.0. The van der Waals surface area contributed by atoms with Crippen molar-refractivity contribution in [1.29, 1.82) is 0 Å². The first-order chi connectivity index (χ1) is 16.5. The zero-order valence-corrected chi connectivity index (χ0v) is 22.3. The second kappa shape index (κ2) is 11.1. The molecule has 36 heavy (non-hydrogen) atoms. The van der Waals surface area contributed by atoms with Crippen LogP contribution in [0, 0.1) is 5.41 Å². The van der Waals surface area contributed by atoms with Gasteiger partial charge in [-0.25, -0.2) is 9.59 Å². The fraction of sp³-hybridized carbons (Fsp3) is 0.577. The number of alkyl carbamates (subject to hydrolysis) is 1. The van der Waals surface area contributed by atoms with Gasteiger partial charge in [0.2, 0.25) is 5.91 Å². The van der Waals surface area contributed by atoms with Crippen LogP contribution < -0.4 is 10.6 Å². The molecule has 2 rings (SSSR count). The van der Waals surface area contributed by atoms with Gasteiger partial charge in [0.15, 0.2) is 5.78 Å². The minimum atomic E-state index is -0.993. The van der Waals surface area contributed by atoms with Crippen LogP contribution in [0.25, 0.3) is 0 Å². The number of hydrogen-bond acceptors (Lipinski definition) is 7. The molecule has 0 saturated carbocycles. The van der Waals surface area contributed by atoms with Crippen LogP contribution in [0.4, 0.5) is 4.79 Å². The van der Waals surface area contributed by atoms with Gasteiger partial charge in [-0.05, 0) is 45.2 Å². The number of methoxy groups -OCH3 is 1. The van der Waals surface area contributed by atoms with Crippen LogP contribution in [0.15, 0.2) is 24.3 Å². The highest BCUT2D eigenvalue weighted by atomic mass is 16.6. The molecule has 10 heteroatoms. The van der Waals surface area contributed by atoms with E-state index in [9.17, 15) is 24.0 Å². The Bertz CT molecular complexity index is 1010. The van der Waals surface area contributed by atoms with Gasteiger partial charge in [-0.1, -0.05) is 32.9 Å². The molecule has 0 aromatic heterocycles. The van der Waals surface area contributed by atoms with Crippen molar-refractivity contribution in [2.75, 3.05) is 13.7 Å². The lowest BCUT2D eigenvalue weighted by atomic mass is 9.85. The van der Waals surface area contributed by atoms with E-state index in [2.05, 4.69) is 10.6 Å². The molecule has 10 nitrogen and oxygen atoms in total. The summed E-state index contributed by atoms with van der Waals surface area (Å²) in [5.41, 5.74) is -0.622. The Kier molecular flexibility index (Phi) is 8.88. The topological polar surface area (TPSA) is 131 Å². The van der Waals surface area contributed by atoms with Gasteiger partial charge in [0, 0.05) is 30.1 Å². The third-order valence-electron chi connectivity index (χ3n) is 5.72. The Hall–Kier alpha value is -3.43. The standard InChI is InChI=1S/C26H37N3O7/c1-15(30)16-9-11-17(12-10-16)21(31)27-18-13-19(23(33)35-8)29(14-18)22(32)20(25(2,3)4)28-24(34)36-26(5,6)7/h9-12,18-20H,13-14H2,1-8H3,(H,27,31)(H,28,34)/t18-,19-,20+/m0/s1. The summed E-state index contributed by atoms with van der Waals surface area (Å²) in [6, 6.07) is 3.76. The van der Waals surface area contributed by atoms with Gasteiger partial charge in [0.1, 0.15) is 17.7 Å². The number of likely N-dealkylation sites (tertiary alicyclic amines) is 1. The highest BCUT2D eigenvalue weighted by Gasteiger charge is 2.46. The van der Waals surface area contributed by atoms with Crippen molar-refractivity contribution in [3.8, 4) is 0 Å². The number of esters is 1. The lowest BCUT2D eigenvalue weighted by molar-refractivity contribution is -0.152. The minimum Gasteiger partial charge on any atom is -0.467 e. The highest BCUT2D eigenvalue weighted by Crippen LogP contribution is 2.27. The summed E-state index contributed by atoms with van der Waals surface area (Å²) in [7, 11) is 1.23. The van der Waals surface area contributed by atoms with Gasteiger partial charge in [-0.15, -0.1) is 0 Å². The second-order valence-electron chi connectivity index (χ2n) is 11.0. The van der Waals surface area contributed by atoms with Crippen molar-refractivity contribution in [3.63, 3.8) is 0 Å². The summed E-state index contributed by atoms with van der Waals surface area (Å²) in [6.45, 7) is 12.0. The number of Topliss-reactive ketones (excluding diaryl/α,β-unsaturated/α-hetero) is 1. The van der Waals surface area contributed by atoms with Crippen LogP contribution >= 0.6 is 0 Å². The van der Waals surface area contributed by atoms with Crippen LogP contribution in [0.3, 0.4) is 0 Å².